The van der Waals surface area contributed by atoms with Crippen LogP contribution in [-0.2, 0) is 0 Å². The predicted molar refractivity (Wildman–Crippen MR) is 32.6 cm³/mol. The van der Waals surface area contributed by atoms with E-state index in [2.05, 4.69) is 5.32 Å². The van der Waals surface area contributed by atoms with Gasteiger partial charge in [-0.2, -0.15) is 0 Å². The summed E-state index contributed by atoms with van der Waals surface area (Å²) in [5, 5.41) is 2.99. The highest BCUT2D eigenvalue weighted by Gasteiger charge is 1.95. The minimum Gasteiger partial charge on any atom is -0.329 e. The molecule has 3 heteroatoms. The molecule has 0 saturated heterocycles. The zero-order valence-electron chi connectivity index (χ0n) is 4.45. The van der Waals surface area contributed by atoms with Crippen molar-refractivity contribution in [2.24, 2.45) is 5.73 Å². The zero-order valence-corrected chi connectivity index (χ0v) is 5.20. The molecule has 0 aliphatic carbocycles. The second-order valence-electron chi connectivity index (χ2n) is 1.39. The summed E-state index contributed by atoms with van der Waals surface area (Å²) in [6.45, 7) is 1.33. The number of hydrogen-bond acceptors (Lipinski definition) is 2. The summed E-state index contributed by atoms with van der Waals surface area (Å²) >= 11 is 5.58. The fraction of sp³-hybridized carbons (Fsp3) is 1.00. The molecule has 0 heterocycles. The van der Waals surface area contributed by atoms with Crippen LogP contribution in [0.2, 0.25) is 0 Å². The topological polar surface area (TPSA) is 38.0 Å². The Labute approximate surface area is 49.0 Å². The van der Waals surface area contributed by atoms with Gasteiger partial charge in [-0.15, -0.1) is 11.6 Å². The molecule has 0 aliphatic rings. The molecule has 0 rings (SSSR count). The van der Waals surface area contributed by atoms with Gasteiger partial charge in [-0.3, -0.25) is 0 Å². The molecule has 0 aromatic carbocycles. The molecule has 0 radical (unpaired) electrons. The Morgan fingerprint density at radius 3 is 2.57 bits per heavy atom. The fourth-order valence-electron chi connectivity index (χ4n) is 0.305. The molecule has 1 unspecified atom stereocenters. The van der Waals surface area contributed by atoms with Gasteiger partial charge >= 0.3 is 0 Å². The van der Waals surface area contributed by atoms with Crippen LogP contribution in [-0.4, -0.2) is 25.5 Å². The lowest BCUT2D eigenvalue weighted by Crippen LogP contribution is -2.25. The van der Waals surface area contributed by atoms with Crippen LogP contribution in [0, 0.1) is 0 Å². The molecule has 0 aromatic rings. The van der Waals surface area contributed by atoms with E-state index in [1.807, 2.05) is 7.05 Å². The molecule has 0 fully saturated rings. The van der Waals surface area contributed by atoms with Crippen LogP contribution in [0.1, 0.15) is 0 Å². The van der Waals surface area contributed by atoms with E-state index in [-0.39, 0.29) is 5.38 Å². The van der Waals surface area contributed by atoms with Crippen molar-refractivity contribution < 1.29 is 0 Å². The standard InChI is InChI=1S/C4H11ClN2/c1-7-3-4(5)2-6/h4,7H,2-3,6H2,1H3. The van der Waals surface area contributed by atoms with Crippen molar-refractivity contribution in [2.75, 3.05) is 20.1 Å². The second-order valence-corrected chi connectivity index (χ2v) is 2.01. The van der Waals surface area contributed by atoms with E-state index >= 15 is 0 Å². The highest BCUT2D eigenvalue weighted by molar-refractivity contribution is 6.20. The van der Waals surface area contributed by atoms with E-state index in [9.17, 15) is 0 Å². The molecule has 1 atom stereocenters. The number of nitrogens with one attached hydrogen (secondary N) is 1. The largest absolute Gasteiger partial charge is 0.329 e. The van der Waals surface area contributed by atoms with Crippen molar-refractivity contribution in [3.63, 3.8) is 0 Å². The lowest BCUT2D eigenvalue weighted by Gasteiger charge is -2.01. The first-order chi connectivity index (χ1) is 3.31. The first-order valence-corrected chi connectivity index (χ1v) is 2.73. The predicted octanol–water partition coefficient (Wildman–Crippen LogP) is -0.228. The molecule has 0 aliphatic heterocycles. The average Bonchev–Trinajstić information content (AvgIpc) is 1.68. The van der Waals surface area contributed by atoms with Gasteiger partial charge in [-0.1, -0.05) is 0 Å². The first-order valence-electron chi connectivity index (χ1n) is 2.30. The van der Waals surface area contributed by atoms with E-state index < -0.39 is 0 Å². The molecule has 7 heavy (non-hydrogen) atoms. The summed E-state index contributed by atoms with van der Waals surface area (Å²) < 4.78 is 0. The van der Waals surface area contributed by atoms with E-state index in [1.165, 1.54) is 0 Å². The minimum absolute atomic E-state index is 0.0880. The summed E-state index contributed by atoms with van der Waals surface area (Å²) in [6.07, 6.45) is 0. The maximum Gasteiger partial charge on any atom is 0.0582 e. The van der Waals surface area contributed by atoms with Crippen molar-refractivity contribution >= 4 is 11.6 Å². The molecular weight excluding hydrogens is 112 g/mol. The van der Waals surface area contributed by atoms with Gasteiger partial charge in [0, 0.05) is 13.1 Å². The molecule has 3 N–H and O–H groups in total. The third kappa shape index (κ3) is 4.05. The van der Waals surface area contributed by atoms with Crippen molar-refractivity contribution in [3.8, 4) is 0 Å². The van der Waals surface area contributed by atoms with Crippen LogP contribution in [0.15, 0.2) is 0 Å². The fourth-order valence-corrected chi connectivity index (χ4v) is 0.459. The summed E-state index contributed by atoms with van der Waals surface area (Å²) in [5.74, 6) is 0. The normalized spacial score (nSPS) is 14.1. The molecular formula is C4H11ClN2. The van der Waals surface area contributed by atoms with Crippen LogP contribution in [0.3, 0.4) is 0 Å². The maximum absolute atomic E-state index is 5.58. The van der Waals surface area contributed by atoms with Crippen LogP contribution in [0.5, 0.6) is 0 Å². The van der Waals surface area contributed by atoms with Crippen molar-refractivity contribution in [1.82, 2.24) is 5.32 Å². The molecule has 0 bridgehead atoms. The van der Waals surface area contributed by atoms with Crippen molar-refractivity contribution in [3.05, 3.63) is 0 Å². The van der Waals surface area contributed by atoms with Gasteiger partial charge in [0.25, 0.3) is 0 Å². The van der Waals surface area contributed by atoms with E-state index in [4.69, 9.17) is 17.3 Å². The van der Waals surface area contributed by atoms with E-state index in [0.29, 0.717) is 6.54 Å². The van der Waals surface area contributed by atoms with Gasteiger partial charge in [-0.25, -0.2) is 0 Å². The van der Waals surface area contributed by atoms with E-state index in [0.717, 1.165) is 6.54 Å². The Hall–Kier alpha value is 0.210. The molecule has 0 aromatic heterocycles. The second kappa shape index (κ2) is 4.37. The van der Waals surface area contributed by atoms with Gasteiger partial charge < -0.3 is 11.1 Å². The van der Waals surface area contributed by atoms with Crippen molar-refractivity contribution in [2.45, 2.75) is 5.38 Å². The van der Waals surface area contributed by atoms with Gasteiger partial charge in [-0.05, 0) is 7.05 Å². The summed E-state index contributed by atoms with van der Waals surface area (Å²) in [6, 6.07) is 0. The van der Waals surface area contributed by atoms with Crippen LogP contribution in [0.25, 0.3) is 0 Å². The summed E-state index contributed by atoms with van der Waals surface area (Å²) in [5.41, 5.74) is 5.19. The van der Waals surface area contributed by atoms with Crippen LogP contribution < -0.4 is 11.1 Å². The number of halogens is 1. The quantitative estimate of drug-likeness (QED) is 0.508. The number of alkyl halides is 1. The monoisotopic (exact) mass is 122 g/mol. The van der Waals surface area contributed by atoms with Gasteiger partial charge in [0.1, 0.15) is 0 Å². The Morgan fingerprint density at radius 1 is 1.86 bits per heavy atom. The number of rotatable bonds is 3. The van der Waals surface area contributed by atoms with Crippen molar-refractivity contribution in [1.29, 1.82) is 0 Å². The van der Waals surface area contributed by atoms with Gasteiger partial charge in [0.05, 0.1) is 5.38 Å². The Kier molecular flexibility index (Phi) is 4.50. The summed E-state index contributed by atoms with van der Waals surface area (Å²) in [4.78, 5) is 0. The number of nitrogens with two attached hydrogens (primary N) is 1. The van der Waals surface area contributed by atoms with Gasteiger partial charge in [0.15, 0.2) is 0 Å². The van der Waals surface area contributed by atoms with Crippen LogP contribution in [0.4, 0.5) is 0 Å². The SMILES string of the molecule is CNCC(Cl)CN. The van der Waals surface area contributed by atoms with Crippen LogP contribution >= 0.6 is 11.6 Å². The maximum atomic E-state index is 5.58. The van der Waals surface area contributed by atoms with Gasteiger partial charge in [0.2, 0.25) is 0 Å². The highest BCUT2D eigenvalue weighted by Crippen LogP contribution is 1.86. The summed E-state index contributed by atoms with van der Waals surface area (Å²) in [7, 11) is 1.85. The Balaban J connectivity index is 2.83. The molecule has 0 saturated carbocycles. The lowest BCUT2D eigenvalue weighted by atomic mass is 10.4. The molecule has 0 amide bonds. The zero-order chi connectivity index (χ0) is 5.70. The number of hydrogen-bond donors (Lipinski definition) is 2. The Bertz CT molecular complexity index is 40.7. The Morgan fingerprint density at radius 2 is 2.43 bits per heavy atom. The molecule has 2 nitrogen and oxygen atoms in total. The minimum atomic E-state index is 0.0880. The third-order valence-corrected chi connectivity index (χ3v) is 1.01. The third-order valence-electron chi connectivity index (χ3n) is 0.681. The molecule has 44 valence electrons. The molecule has 0 spiro atoms. The smallest absolute Gasteiger partial charge is 0.0582 e. The lowest BCUT2D eigenvalue weighted by molar-refractivity contribution is 0.741. The first kappa shape index (κ1) is 7.21. The highest BCUT2D eigenvalue weighted by atomic mass is 35.5. The average molecular weight is 123 g/mol. The van der Waals surface area contributed by atoms with E-state index in [1.54, 1.807) is 0 Å².